The number of carbonyl (C=O) groups excluding carboxylic acids is 2. The predicted octanol–water partition coefficient (Wildman–Crippen LogP) is 0.376. The highest BCUT2D eigenvalue weighted by Gasteiger charge is 2.23. The maximum Gasteiger partial charge on any atom is 0.267 e. The molecule has 0 aromatic heterocycles. The molecule has 104 valence electrons. The first-order valence-electron chi connectivity index (χ1n) is 6.37. The Kier molecular flexibility index (Phi) is 6.67. The predicted molar refractivity (Wildman–Crippen MR) is 65.5 cm³/mol. The van der Waals surface area contributed by atoms with Gasteiger partial charge in [-0.3, -0.25) is 20.4 Å². The van der Waals surface area contributed by atoms with Gasteiger partial charge in [-0.1, -0.05) is 13.8 Å². The lowest BCUT2D eigenvalue weighted by atomic mass is 10.2. The van der Waals surface area contributed by atoms with Crippen LogP contribution in [0, 0.1) is 5.92 Å². The molecule has 1 saturated heterocycles. The smallest absolute Gasteiger partial charge is 0.267 e. The molecule has 18 heavy (non-hydrogen) atoms. The molecule has 0 saturated carbocycles. The van der Waals surface area contributed by atoms with Gasteiger partial charge in [-0.05, 0) is 18.8 Å². The zero-order valence-electron chi connectivity index (χ0n) is 11.0. The molecule has 0 aromatic rings. The largest absolute Gasteiger partial charge is 0.381 e. The van der Waals surface area contributed by atoms with E-state index < -0.39 is 6.10 Å². The van der Waals surface area contributed by atoms with Crippen LogP contribution in [0.15, 0.2) is 0 Å². The molecule has 0 aliphatic carbocycles. The highest BCUT2D eigenvalue weighted by Crippen LogP contribution is 2.11. The van der Waals surface area contributed by atoms with Crippen LogP contribution in [0.1, 0.15) is 33.1 Å². The maximum atomic E-state index is 11.5. The lowest BCUT2D eigenvalue weighted by molar-refractivity contribution is -0.135. The van der Waals surface area contributed by atoms with Crippen LogP contribution in [0.25, 0.3) is 0 Å². The number of ether oxygens (including phenoxy) is 2. The molecule has 6 nitrogen and oxygen atoms in total. The highest BCUT2D eigenvalue weighted by molar-refractivity contribution is 5.84. The van der Waals surface area contributed by atoms with E-state index in [1.807, 2.05) is 13.8 Å². The molecule has 0 aromatic carbocycles. The first kappa shape index (κ1) is 14.9. The quantitative estimate of drug-likeness (QED) is 0.533. The highest BCUT2D eigenvalue weighted by atomic mass is 16.5. The van der Waals surface area contributed by atoms with Crippen molar-refractivity contribution in [1.82, 2.24) is 10.9 Å². The van der Waals surface area contributed by atoms with Gasteiger partial charge in [-0.2, -0.15) is 0 Å². The fraction of sp³-hybridized carbons (Fsp3) is 0.833. The van der Waals surface area contributed by atoms with E-state index >= 15 is 0 Å². The van der Waals surface area contributed by atoms with Crippen molar-refractivity contribution in [1.29, 1.82) is 0 Å². The molecule has 1 unspecified atom stereocenters. The molecule has 0 radical (unpaired) electrons. The maximum absolute atomic E-state index is 11.5. The van der Waals surface area contributed by atoms with E-state index in [1.165, 1.54) is 0 Å². The lowest BCUT2D eigenvalue weighted by Gasteiger charge is -2.11. The third-order valence-corrected chi connectivity index (χ3v) is 2.47. The summed E-state index contributed by atoms with van der Waals surface area (Å²) in [5, 5.41) is 0. The molecular formula is C12H22N2O4. The van der Waals surface area contributed by atoms with Crippen LogP contribution in [0.5, 0.6) is 0 Å². The molecule has 1 atom stereocenters. The molecule has 1 fully saturated rings. The molecule has 0 bridgehead atoms. The third kappa shape index (κ3) is 5.97. The van der Waals surface area contributed by atoms with Crippen molar-refractivity contribution >= 4 is 11.8 Å². The summed E-state index contributed by atoms with van der Waals surface area (Å²) in [6.07, 6.45) is 1.40. The summed E-state index contributed by atoms with van der Waals surface area (Å²) in [6.45, 7) is 5.69. The molecule has 1 heterocycles. The standard InChI is InChI=1S/C12H22N2O4/c1-9(2)8-17-7-5-11(15)13-14-12(16)10-4-3-6-18-10/h9-10H,3-8H2,1-2H3,(H,13,15)(H,14,16). The number of hydrogen-bond acceptors (Lipinski definition) is 4. The number of rotatable bonds is 6. The van der Waals surface area contributed by atoms with Crippen LogP contribution >= 0.6 is 0 Å². The van der Waals surface area contributed by atoms with Crippen LogP contribution in [0.4, 0.5) is 0 Å². The molecule has 0 spiro atoms. The van der Waals surface area contributed by atoms with Crippen LogP contribution in [0.3, 0.4) is 0 Å². The van der Waals surface area contributed by atoms with E-state index in [-0.39, 0.29) is 18.2 Å². The van der Waals surface area contributed by atoms with E-state index in [0.29, 0.717) is 32.2 Å². The van der Waals surface area contributed by atoms with Gasteiger partial charge >= 0.3 is 0 Å². The van der Waals surface area contributed by atoms with Gasteiger partial charge < -0.3 is 9.47 Å². The first-order chi connectivity index (χ1) is 8.59. The SMILES string of the molecule is CC(C)COCCC(=O)NNC(=O)C1CCCO1. The zero-order valence-corrected chi connectivity index (χ0v) is 11.0. The molecule has 1 aliphatic heterocycles. The summed E-state index contributed by atoms with van der Waals surface area (Å²) in [7, 11) is 0. The minimum Gasteiger partial charge on any atom is -0.381 e. The topological polar surface area (TPSA) is 76.7 Å². The van der Waals surface area contributed by atoms with Gasteiger partial charge in [0.25, 0.3) is 5.91 Å². The molecule has 2 amide bonds. The fourth-order valence-corrected chi connectivity index (χ4v) is 1.54. The Labute approximate surface area is 107 Å². The average molecular weight is 258 g/mol. The summed E-state index contributed by atoms with van der Waals surface area (Å²) in [5.74, 6) is -0.0960. The molecular weight excluding hydrogens is 236 g/mol. The van der Waals surface area contributed by atoms with Crippen molar-refractivity contribution in [3.63, 3.8) is 0 Å². The van der Waals surface area contributed by atoms with Gasteiger partial charge in [0.15, 0.2) is 0 Å². The van der Waals surface area contributed by atoms with Gasteiger partial charge in [0.2, 0.25) is 5.91 Å². The van der Waals surface area contributed by atoms with Gasteiger partial charge in [-0.15, -0.1) is 0 Å². The van der Waals surface area contributed by atoms with Crippen molar-refractivity contribution in [3.8, 4) is 0 Å². The average Bonchev–Trinajstić information content (AvgIpc) is 2.85. The monoisotopic (exact) mass is 258 g/mol. The van der Waals surface area contributed by atoms with Crippen LogP contribution in [0.2, 0.25) is 0 Å². The summed E-state index contributed by atoms with van der Waals surface area (Å²) in [5.41, 5.74) is 4.70. The number of carbonyl (C=O) groups is 2. The van der Waals surface area contributed by atoms with Crippen molar-refractivity contribution in [2.75, 3.05) is 19.8 Å². The van der Waals surface area contributed by atoms with Gasteiger partial charge in [0.05, 0.1) is 13.0 Å². The Morgan fingerprint density at radius 3 is 2.78 bits per heavy atom. The Balaban J connectivity index is 2.03. The van der Waals surface area contributed by atoms with E-state index in [0.717, 1.165) is 6.42 Å². The van der Waals surface area contributed by atoms with Gasteiger partial charge in [0.1, 0.15) is 6.10 Å². The van der Waals surface area contributed by atoms with Crippen molar-refractivity contribution < 1.29 is 19.1 Å². The lowest BCUT2D eigenvalue weighted by Crippen LogP contribution is -2.46. The molecule has 1 rings (SSSR count). The molecule has 6 heteroatoms. The summed E-state index contributed by atoms with van der Waals surface area (Å²) >= 11 is 0. The van der Waals surface area contributed by atoms with Crippen molar-refractivity contribution in [2.24, 2.45) is 5.92 Å². The third-order valence-electron chi connectivity index (χ3n) is 2.47. The fourth-order valence-electron chi connectivity index (χ4n) is 1.54. The Morgan fingerprint density at radius 2 is 2.17 bits per heavy atom. The second-order valence-corrected chi connectivity index (χ2v) is 4.76. The number of nitrogens with one attached hydrogen (secondary N) is 2. The summed E-state index contributed by atoms with van der Waals surface area (Å²) < 4.78 is 10.5. The second-order valence-electron chi connectivity index (χ2n) is 4.76. The van der Waals surface area contributed by atoms with Crippen LogP contribution in [-0.2, 0) is 19.1 Å². The van der Waals surface area contributed by atoms with Gasteiger partial charge in [0, 0.05) is 13.2 Å². The normalized spacial score (nSPS) is 18.9. The molecule has 2 N–H and O–H groups in total. The number of amides is 2. The van der Waals surface area contributed by atoms with Crippen LogP contribution < -0.4 is 10.9 Å². The minimum absolute atomic E-state index is 0.235. The molecule has 1 aliphatic rings. The van der Waals surface area contributed by atoms with Crippen LogP contribution in [-0.4, -0.2) is 37.7 Å². The van der Waals surface area contributed by atoms with E-state index in [4.69, 9.17) is 9.47 Å². The Bertz CT molecular complexity index is 275. The van der Waals surface area contributed by atoms with E-state index in [1.54, 1.807) is 0 Å². The summed E-state index contributed by atoms with van der Waals surface area (Å²) in [6, 6.07) is 0. The minimum atomic E-state index is -0.428. The number of hydrazine groups is 1. The Hall–Kier alpha value is -1.14. The summed E-state index contributed by atoms with van der Waals surface area (Å²) in [4.78, 5) is 22.8. The van der Waals surface area contributed by atoms with E-state index in [9.17, 15) is 9.59 Å². The van der Waals surface area contributed by atoms with Crippen molar-refractivity contribution in [2.45, 2.75) is 39.2 Å². The van der Waals surface area contributed by atoms with Gasteiger partial charge in [-0.25, -0.2) is 0 Å². The Morgan fingerprint density at radius 1 is 1.39 bits per heavy atom. The van der Waals surface area contributed by atoms with E-state index in [2.05, 4.69) is 10.9 Å². The second kappa shape index (κ2) is 8.05. The van der Waals surface area contributed by atoms with Crippen molar-refractivity contribution in [3.05, 3.63) is 0 Å². The first-order valence-corrected chi connectivity index (χ1v) is 6.37. The number of hydrogen-bond donors (Lipinski definition) is 2. The zero-order chi connectivity index (χ0) is 13.4.